The number of aromatic nitrogens is 4. The molecule has 0 amide bonds. The lowest BCUT2D eigenvalue weighted by Crippen LogP contribution is -2.48. The van der Waals surface area contributed by atoms with E-state index < -0.39 is 11.6 Å². The van der Waals surface area contributed by atoms with Crippen LogP contribution in [0.15, 0.2) is 48.5 Å². The highest BCUT2D eigenvalue weighted by Crippen LogP contribution is 2.34. The molecule has 4 aromatic rings. The van der Waals surface area contributed by atoms with E-state index in [9.17, 15) is 8.78 Å². The van der Waals surface area contributed by atoms with Crippen LogP contribution in [-0.2, 0) is 0 Å². The van der Waals surface area contributed by atoms with Crippen molar-refractivity contribution >= 4 is 22.8 Å². The summed E-state index contributed by atoms with van der Waals surface area (Å²) in [7, 11) is 4.14. The van der Waals surface area contributed by atoms with Gasteiger partial charge in [-0.15, -0.1) is 5.10 Å². The Bertz CT molecular complexity index is 1340. The first-order valence-electron chi connectivity index (χ1n) is 11.6. The third kappa shape index (κ3) is 4.67. The van der Waals surface area contributed by atoms with Crippen LogP contribution in [0.25, 0.3) is 28.0 Å². The molecule has 0 atom stereocenters. The summed E-state index contributed by atoms with van der Waals surface area (Å²) in [5.74, 6) is -0.115. The minimum absolute atomic E-state index is 0.226. The highest BCUT2D eigenvalue weighted by molar-refractivity contribution is 5.99. The Balaban J connectivity index is 1.57. The van der Waals surface area contributed by atoms with E-state index in [1.807, 2.05) is 0 Å². The molecule has 35 heavy (non-hydrogen) atoms. The smallest absolute Gasteiger partial charge is 0.228 e. The Morgan fingerprint density at radius 2 is 1.74 bits per heavy atom. The number of hydrogen-bond acceptors (Lipinski definition) is 7. The van der Waals surface area contributed by atoms with Crippen molar-refractivity contribution in [1.82, 2.24) is 29.5 Å². The molecule has 0 spiro atoms. The van der Waals surface area contributed by atoms with Crippen molar-refractivity contribution in [2.45, 2.75) is 0 Å². The van der Waals surface area contributed by atoms with Gasteiger partial charge in [-0.2, -0.15) is 4.98 Å². The number of hydrogen-bond donors (Lipinski definition) is 1. The third-order valence-electron chi connectivity index (χ3n) is 6.26. The molecule has 0 saturated carbocycles. The van der Waals surface area contributed by atoms with Gasteiger partial charge in [-0.25, -0.2) is 18.4 Å². The fraction of sp³-hybridized carbons (Fsp3) is 0.320. The predicted molar refractivity (Wildman–Crippen MR) is 134 cm³/mol. The van der Waals surface area contributed by atoms with Crippen LogP contribution in [0.5, 0.6) is 0 Å². The van der Waals surface area contributed by atoms with Crippen LogP contribution in [0.3, 0.4) is 0 Å². The molecule has 2 N–H and O–H groups in total. The topological polar surface area (TPSA) is 79.3 Å². The number of piperazine rings is 1. The van der Waals surface area contributed by atoms with E-state index in [2.05, 4.69) is 33.9 Å². The van der Waals surface area contributed by atoms with Gasteiger partial charge in [0, 0.05) is 44.8 Å². The van der Waals surface area contributed by atoms with Gasteiger partial charge in [0.2, 0.25) is 5.95 Å². The number of halogens is 2. The Morgan fingerprint density at radius 1 is 0.971 bits per heavy atom. The second kappa shape index (κ2) is 9.55. The van der Waals surface area contributed by atoms with Crippen LogP contribution >= 0.6 is 0 Å². The summed E-state index contributed by atoms with van der Waals surface area (Å²) in [5.41, 5.74) is 7.95. The minimum atomic E-state index is -0.412. The van der Waals surface area contributed by atoms with E-state index in [4.69, 9.17) is 15.7 Å². The molecule has 10 heteroatoms. The fourth-order valence-corrected chi connectivity index (χ4v) is 4.31. The maximum atomic E-state index is 14.9. The fourth-order valence-electron chi connectivity index (χ4n) is 4.31. The molecule has 0 aliphatic carbocycles. The number of nitrogens with two attached hydrogens (primary N) is 1. The first kappa shape index (κ1) is 23.1. The second-order valence-corrected chi connectivity index (χ2v) is 8.96. The molecule has 1 saturated heterocycles. The summed E-state index contributed by atoms with van der Waals surface area (Å²) in [5, 5.41) is 5.01. The Hall–Kier alpha value is -3.63. The molecule has 2 aromatic carbocycles. The van der Waals surface area contributed by atoms with Crippen molar-refractivity contribution in [2.75, 3.05) is 64.0 Å². The Kier molecular flexibility index (Phi) is 6.31. The quantitative estimate of drug-likeness (QED) is 0.456. The van der Waals surface area contributed by atoms with E-state index in [-0.39, 0.29) is 5.82 Å². The first-order chi connectivity index (χ1) is 16.9. The van der Waals surface area contributed by atoms with Crippen molar-refractivity contribution in [3.63, 3.8) is 0 Å². The predicted octanol–water partition coefficient (Wildman–Crippen LogP) is 3.03. The highest BCUT2D eigenvalue weighted by atomic mass is 19.1. The van der Waals surface area contributed by atoms with Crippen LogP contribution in [0.1, 0.15) is 0 Å². The monoisotopic (exact) mass is 478 g/mol. The van der Waals surface area contributed by atoms with Gasteiger partial charge in [0.25, 0.3) is 0 Å². The Labute approximate surface area is 202 Å². The van der Waals surface area contributed by atoms with Crippen molar-refractivity contribution in [3.8, 4) is 16.9 Å². The van der Waals surface area contributed by atoms with Gasteiger partial charge in [-0.1, -0.05) is 18.2 Å². The second-order valence-electron chi connectivity index (χ2n) is 8.96. The molecule has 1 fully saturated rings. The molecule has 0 bridgehead atoms. The number of nitrogen functional groups attached to an aromatic ring is 1. The molecule has 0 radical (unpaired) electrons. The van der Waals surface area contributed by atoms with E-state index in [0.717, 1.165) is 39.3 Å². The maximum Gasteiger partial charge on any atom is 0.228 e. The van der Waals surface area contributed by atoms with Crippen LogP contribution in [0.2, 0.25) is 0 Å². The van der Waals surface area contributed by atoms with Gasteiger partial charge in [-0.3, -0.25) is 4.90 Å². The summed E-state index contributed by atoms with van der Waals surface area (Å²) in [4.78, 5) is 16.2. The molecule has 0 unspecified atom stereocenters. The standard InChI is InChI=1S/C25H28F2N8/c1-32(2)10-11-33-12-14-34(15-13-33)25-29-22(19-8-3-4-9-20(19)27)21-23(28)35(31-24(21)30-25)18-7-5-6-17(26)16-18/h3-9,16H,10-15,28H2,1-2H3. The lowest BCUT2D eigenvalue weighted by Gasteiger charge is -2.35. The minimum Gasteiger partial charge on any atom is -0.383 e. The molecule has 2 aromatic heterocycles. The van der Waals surface area contributed by atoms with E-state index >= 15 is 0 Å². The van der Waals surface area contributed by atoms with Crippen molar-refractivity contribution in [3.05, 3.63) is 60.2 Å². The van der Waals surface area contributed by atoms with Gasteiger partial charge in [0.05, 0.1) is 16.8 Å². The zero-order valence-corrected chi connectivity index (χ0v) is 19.8. The molecule has 5 rings (SSSR count). The summed E-state index contributed by atoms with van der Waals surface area (Å²) in [6, 6.07) is 12.4. The maximum absolute atomic E-state index is 14.9. The van der Waals surface area contributed by atoms with Crippen LogP contribution in [0, 0.1) is 11.6 Å². The van der Waals surface area contributed by atoms with E-state index in [1.165, 1.54) is 22.9 Å². The van der Waals surface area contributed by atoms with Crippen molar-refractivity contribution in [2.24, 2.45) is 0 Å². The van der Waals surface area contributed by atoms with Gasteiger partial charge in [0.15, 0.2) is 5.65 Å². The summed E-state index contributed by atoms with van der Waals surface area (Å²) >= 11 is 0. The lowest BCUT2D eigenvalue weighted by molar-refractivity contribution is 0.229. The number of benzene rings is 2. The van der Waals surface area contributed by atoms with Gasteiger partial charge in [-0.05, 0) is 44.4 Å². The van der Waals surface area contributed by atoms with Gasteiger partial charge < -0.3 is 15.5 Å². The zero-order chi connectivity index (χ0) is 24.5. The highest BCUT2D eigenvalue weighted by Gasteiger charge is 2.25. The number of nitrogens with zero attached hydrogens (tertiary/aromatic N) is 7. The molecule has 1 aliphatic rings. The summed E-state index contributed by atoms with van der Waals surface area (Å²) in [6.07, 6.45) is 0. The third-order valence-corrected chi connectivity index (χ3v) is 6.26. The average Bonchev–Trinajstić information content (AvgIpc) is 3.19. The van der Waals surface area contributed by atoms with Gasteiger partial charge in [0.1, 0.15) is 17.5 Å². The summed E-state index contributed by atoms with van der Waals surface area (Å²) < 4.78 is 30.2. The zero-order valence-electron chi connectivity index (χ0n) is 19.8. The van der Waals surface area contributed by atoms with Crippen LogP contribution in [-0.4, -0.2) is 82.9 Å². The summed E-state index contributed by atoms with van der Waals surface area (Å²) in [6.45, 7) is 5.24. The van der Waals surface area contributed by atoms with Crippen LogP contribution in [0.4, 0.5) is 20.5 Å². The lowest BCUT2D eigenvalue weighted by atomic mass is 10.1. The molecule has 1 aliphatic heterocycles. The molecule has 182 valence electrons. The molecule has 8 nitrogen and oxygen atoms in total. The van der Waals surface area contributed by atoms with E-state index in [1.54, 1.807) is 30.3 Å². The average molecular weight is 479 g/mol. The molecular weight excluding hydrogens is 450 g/mol. The molecular formula is C25H28F2N8. The normalized spacial score (nSPS) is 14.8. The number of fused-ring (bicyclic) bond motifs is 1. The first-order valence-corrected chi connectivity index (χ1v) is 11.6. The molecule has 3 heterocycles. The van der Waals surface area contributed by atoms with E-state index in [0.29, 0.717) is 33.9 Å². The number of rotatable bonds is 6. The van der Waals surface area contributed by atoms with Gasteiger partial charge >= 0.3 is 0 Å². The number of anilines is 2. The SMILES string of the molecule is CN(C)CCN1CCN(c2nc(-c3ccccc3F)c3c(N)n(-c4cccc(F)c4)nc3n2)CC1. The Morgan fingerprint density at radius 3 is 2.46 bits per heavy atom. The van der Waals surface area contributed by atoms with Crippen molar-refractivity contribution < 1.29 is 8.78 Å². The van der Waals surface area contributed by atoms with Crippen molar-refractivity contribution in [1.29, 1.82) is 0 Å². The van der Waals surface area contributed by atoms with Crippen LogP contribution < -0.4 is 10.6 Å². The number of likely N-dealkylation sites (N-methyl/N-ethyl adjacent to an activating group) is 1. The largest absolute Gasteiger partial charge is 0.383 e.